The number of aromatic nitrogens is 2. The summed E-state index contributed by atoms with van der Waals surface area (Å²) in [5.74, 6) is 1.32. The zero-order chi connectivity index (χ0) is 18.5. The molecule has 0 N–H and O–H groups in total. The van der Waals surface area contributed by atoms with E-state index < -0.39 is 0 Å². The molecule has 26 heavy (non-hydrogen) atoms. The van der Waals surface area contributed by atoms with Gasteiger partial charge >= 0.3 is 0 Å². The highest BCUT2D eigenvalue weighted by Gasteiger charge is 2.14. The van der Waals surface area contributed by atoms with E-state index in [0.717, 1.165) is 11.1 Å². The van der Waals surface area contributed by atoms with Crippen LogP contribution in [-0.2, 0) is 0 Å². The molecule has 3 rings (SSSR count). The van der Waals surface area contributed by atoms with Crippen molar-refractivity contribution in [1.82, 2.24) is 14.9 Å². The molecule has 1 amide bonds. The first kappa shape index (κ1) is 17.4. The second-order valence-corrected chi connectivity index (χ2v) is 5.79. The fourth-order valence-corrected chi connectivity index (χ4v) is 2.47. The van der Waals surface area contributed by atoms with Gasteiger partial charge in [0.1, 0.15) is 11.5 Å². The number of hydrogen-bond donors (Lipinski definition) is 0. The Labute approximate surface area is 152 Å². The molecule has 0 spiro atoms. The molecule has 0 aliphatic rings. The molecule has 6 heteroatoms. The number of ether oxygens (including phenoxy) is 2. The third-order valence-electron chi connectivity index (χ3n) is 3.75. The van der Waals surface area contributed by atoms with E-state index in [1.807, 2.05) is 24.3 Å². The maximum absolute atomic E-state index is 12.3. The van der Waals surface area contributed by atoms with Gasteiger partial charge in [0.2, 0.25) is 5.88 Å². The number of nitrogens with zero attached hydrogens (tertiary/aromatic N) is 3. The minimum Gasteiger partial charge on any atom is -0.497 e. The largest absolute Gasteiger partial charge is 0.497 e. The smallest absolute Gasteiger partial charge is 0.253 e. The number of benzene rings is 1. The number of hydrogen-bond acceptors (Lipinski definition) is 5. The Hall–Kier alpha value is -3.41. The number of carbonyl (C=O) groups excluding carboxylic acids is 1. The molecular weight excluding hydrogens is 330 g/mol. The summed E-state index contributed by atoms with van der Waals surface area (Å²) in [5.41, 5.74) is 2.25. The lowest BCUT2D eigenvalue weighted by Crippen LogP contribution is -2.21. The quantitative estimate of drug-likeness (QED) is 0.703. The van der Waals surface area contributed by atoms with Crippen molar-refractivity contribution in [2.45, 2.75) is 0 Å². The van der Waals surface area contributed by atoms with Crippen LogP contribution in [0.1, 0.15) is 10.4 Å². The SMILES string of the molecule is COc1cc(Oc2ncccc2-c2ccncc2)cc(C(=O)N(C)C)c1. The van der Waals surface area contributed by atoms with E-state index in [9.17, 15) is 4.79 Å². The normalized spacial score (nSPS) is 10.3. The van der Waals surface area contributed by atoms with Crippen LogP contribution in [-0.4, -0.2) is 42.0 Å². The first-order valence-corrected chi connectivity index (χ1v) is 8.02. The lowest BCUT2D eigenvalue weighted by Gasteiger charge is -2.14. The highest BCUT2D eigenvalue weighted by atomic mass is 16.5. The van der Waals surface area contributed by atoms with E-state index in [0.29, 0.717) is 22.9 Å². The van der Waals surface area contributed by atoms with E-state index in [1.54, 1.807) is 58.0 Å². The fourth-order valence-electron chi connectivity index (χ4n) is 2.47. The summed E-state index contributed by atoms with van der Waals surface area (Å²) >= 11 is 0. The zero-order valence-electron chi connectivity index (χ0n) is 14.8. The predicted octanol–water partition coefficient (Wildman–Crippen LogP) is 3.65. The van der Waals surface area contributed by atoms with Crippen LogP contribution in [0.15, 0.2) is 61.1 Å². The number of carbonyl (C=O) groups is 1. The third kappa shape index (κ3) is 3.80. The third-order valence-corrected chi connectivity index (χ3v) is 3.75. The maximum atomic E-state index is 12.3. The van der Waals surface area contributed by atoms with E-state index >= 15 is 0 Å². The van der Waals surface area contributed by atoms with Crippen molar-refractivity contribution in [1.29, 1.82) is 0 Å². The second-order valence-electron chi connectivity index (χ2n) is 5.79. The number of amides is 1. The summed E-state index contributed by atoms with van der Waals surface area (Å²) < 4.78 is 11.3. The Morgan fingerprint density at radius 2 is 1.73 bits per heavy atom. The predicted molar refractivity (Wildman–Crippen MR) is 98.6 cm³/mol. The molecule has 1 aromatic carbocycles. The van der Waals surface area contributed by atoms with Crippen molar-refractivity contribution in [3.8, 4) is 28.5 Å². The average Bonchev–Trinajstić information content (AvgIpc) is 2.68. The molecule has 3 aromatic rings. The van der Waals surface area contributed by atoms with Gasteiger partial charge in [-0.3, -0.25) is 9.78 Å². The van der Waals surface area contributed by atoms with Crippen LogP contribution in [0.3, 0.4) is 0 Å². The summed E-state index contributed by atoms with van der Waals surface area (Å²) in [6.45, 7) is 0. The van der Waals surface area contributed by atoms with Crippen LogP contribution in [0.2, 0.25) is 0 Å². The fraction of sp³-hybridized carbons (Fsp3) is 0.150. The monoisotopic (exact) mass is 349 g/mol. The first-order chi connectivity index (χ1) is 12.6. The molecule has 0 aliphatic heterocycles. The summed E-state index contributed by atoms with van der Waals surface area (Å²) in [4.78, 5) is 22.2. The molecule has 0 radical (unpaired) electrons. The van der Waals surface area contributed by atoms with Crippen LogP contribution in [0.5, 0.6) is 17.4 Å². The molecule has 0 atom stereocenters. The van der Waals surface area contributed by atoms with Gasteiger partial charge in [-0.2, -0.15) is 0 Å². The Balaban J connectivity index is 2.00. The number of rotatable bonds is 5. The van der Waals surface area contributed by atoms with E-state index in [1.165, 1.54) is 4.90 Å². The minimum absolute atomic E-state index is 0.135. The zero-order valence-corrected chi connectivity index (χ0v) is 14.8. The van der Waals surface area contributed by atoms with Gasteiger partial charge in [0.25, 0.3) is 5.91 Å². The molecule has 6 nitrogen and oxygen atoms in total. The number of pyridine rings is 2. The van der Waals surface area contributed by atoms with Crippen molar-refractivity contribution in [2.75, 3.05) is 21.2 Å². The Morgan fingerprint density at radius 1 is 1.00 bits per heavy atom. The molecule has 0 bridgehead atoms. The van der Waals surface area contributed by atoms with Gasteiger partial charge in [-0.15, -0.1) is 0 Å². The Bertz CT molecular complexity index is 911. The van der Waals surface area contributed by atoms with Gasteiger partial charge in [-0.25, -0.2) is 4.98 Å². The average molecular weight is 349 g/mol. The van der Waals surface area contributed by atoms with Crippen molar-refractivity contribution in [3.63, 3.8) is 0 Å². The van der Waals surface area contributed by atoms with Crippen LogP contribution in [0, 0.1) is 0 Å². The molecule has 0 saturated heterocycles. The van der Waals surface area contributed by atoms with Crippen LogP contribution in [0.4, 0.5) is 0 Å². The summed E-state index contributed by atoms with van der Waals surface area (Å²) in [6.07, 6.45) is 5.09. The molecule has 2 aromatic heterocycles. The molecule has 0 aliphatic carbocycles. The molecule has 2 heterocycles. The van der Waals surface area contributed by atoms with E-state index in [4.69, 9.17) is 9.47 Å². The van der Waals surface area contributed by atoms with Gasteiger partial charge in [0.15, 0.2) is 0 Å². The number of methoxy groups -OCH3 is 1. The van der Waals surface area contributed by atoms with Gasteiger partial charge in [0.05, 0.1) is 7.11 Å². The summed E-state index contributed by atoms with van der Waals surface area (Å²) in [7, 11) is 4.94. The Morgan fingerprint density at radius 3 is 2.42 bits per heavy atom. The Kier molecular flexibility index (Phi) is 5.12. The van der Waals surface area contributed by atoms with Crippen molar-refractivity contribution in [3.05, 3.63) is 66.6 Å². The van der Waals surface area contributed by atoms with E-state index in [2.05, 4.69) is 9.97 Å². The summed E-state index contributed by atoms with van der Waals surface area (Å²) in [5, 5.41) is 0. The standard InChI is InChI=1S/C20H19N3O3/c1-23(2)20(24)15-11-16(25-3)13-17(12-15)26-19-18(5-4-8-22-19)14-6-9-21-10-7-14/h4-13H,1-3H3. The molecule has 0 fully saturated rings. The lowest BCUT2D eigenvalue weighted by molar-refractivity contribution is 0.0827. The highest BCUT2D eigenvalue weighted by molar-refractivity contribution is 5.94. The van der Waals surface area contributed by atoms with Crippen molar-refractivity contribution < 1.29 is 14.3 Å². The highest BCUT2D eigenvalue weighted by Crippen LogP contribution is 2.33. The molecular formula is C20H19N3O3. The van der Waals surface area contributed by atoms with Crippen LogP contribution < -0.4 is 9.47 Å². The van der Waals surface area contributed by atoms with Crippen LogP contribution >= 0.6 is 0 Å². The minimum atomic E-state index is -0.135. The van der Waals surface area contributed by atoms with E-state index in [-0.39, 0.29) is 5.91 Å². The summed E-state index contributed by atoms with van der Waals surface area (Å²) in [6, 6.07) is 12.6. The van der Waals surface area contributed by atoms with Crippen molar-refractivity contribution >= 4 is 5.91 Å². The van der Waals surface area contributed by atoms with Gasteiger partial charge in [0, 0.05) is 49.9 Å². The molecule has 132 valence electrons. The molecule has 0 saturated carbocycles. The topological polar surface area (TPSA) is 64.5 Å². The second kappa shape index (κ2) is 7.65. The van der Waals surface area contributed by atoms with Crippen molar-refractivity contribution in [2.24, 2.45) is 0 Å². The van der Waals surface area contributed by atoms with Crippen LogP contribution in [0.25, 0.3) is 11.1 Å². The van der Waals surface area contributed by atoms with Gasteiger partial charge in [-0.1, -0.05) is 0 Å². The van der Waals surface area contributed by atoms with Gasteiger partial charge in [-0.05, 0) is 42.0 Å². The molecule has 0 unspecified atom stereocenters. The maximum Gasteiger partial charge on any atom is 0.253 e. The van der Waals surface area contributed by atoms with Gasteiger partial charge < -0.3 is 14.4 Å². The lowest BCUT2D eigenvalue weighted by atomic mass is 10.1. The first-order valence-electron chi connectivity index (χ1n) is 8.02.